The number of carbonyl (C=O) groups is 2. The van der Waals surface area contributed by atoms with Crippen LogP contribution in [0.25, 0.3) is 0 Å². The van der Waals surface area contributed by atoms with Crippen molar-refractivity contribution in [2.75, 3.05) is 6.54 Å². The lowest BCUT2D eigenvalue weighted by Crippen LogP contribution is -2.67. The number of amides is 2. The number of nitrogens with one attached hydrogen (secondary N) is 1. The van der Waals surface area contributed by atoms with E-state index >= 15 is 0 Å². The highest BCUT2D eigenvalue weighted by molar-refractivity contribution is 5.98. The molecule has 2 atom stereocenters. The summed E-state index contributed by atoms with van der Waals surface area (Å²) in [5.41, 5.74) is -0.736. The van der Waals surface area contributed by atoms with Gasteiger partial charge in [-0.25, -0.2) is 0 Å². The van der Waals surface area contributed by atoms with Gasteiger partial charge in [0, 0.05) is 0 Å². The fourth-order valence-corrected chi connectivity index (χ4v) is 2.25. The summed E-state index contributed by atoms with van der Waals surface area (Å²) < 4.78 is 0. The van der Waals surface area contributed by atoms with E-state index in [9.17, 15) is 9.59 Å². The molecule has 0 bridgehead atoms. The zero-order chi connectivity index (χ0) is 11.9. The van der Waals surface area contributed by atoms with Crippen LogP contribution in [-0.4, -0.2) is 34.8 Å². The average Bonchev–Trinajstić information content (AvgIpc) is 3.06. The second kappa shape index (κ2) is 3.51. The summed E-state index contributed by atoms with van der Waals surface area (Å²) in [7, 11) is 0. The van der Waals surface area contributed by atoms with Crippen molar-refractivity contribution in [3.8, 4) is 12.3 Å². The van der Waals surface area contributed by atoms with Gasteiger partial charge < -0.3 is 10.2 Å². The van der Waals surface area contributed by atoms with Crippen LogP contribution in [0.3, 0.4) is 0 Å². The van der Waals surface area contributed by atoms with Crippen LogP contribution in [-0.2, 0) is 9.59 Å². The lowest BCUT2D eigenvalue weighted by molar-refractivity contribution is -0.151. The normalized spacial score (nSPS) is 31.9. The lowest BCUT2D eigenvalue weighted by atomic mass is 9.91. The highest BCUT2D eigenvalue weighted by atomic mass is 16.2. The summed E-state index contributed by atoms with van der Waals surface area (Å²) in [4.78, 5) is 25.4. The van der Waals surface area contributed by atoms with Gasteiger partial charge in [-0.1, -0.05) is 5.92 Å². The third-order valence-corrected chi connectivity index (χ3v) is 3.52. The van der Waals surface area contributed by atoms with Crippen LogP contribution in [0.5, 0.6) is 0 Å². The number of piperazine rings is 1. The predicted octanol–water partition coefficient (Wildman–Crippen LogP) is 0.135. The summed E-state index contributed by atoms with van der Waals surface area (Å²) in [5, 5.41) is 2.81. The van der Waals surface area contributed by atoms with Gasteiger partial charge in [-0.15, -0.1) is 6.42 Å². The van der Waals surface area contributed by atoms with E-state index in [2.05, 4.69) is 11.2 Å². The molecule has 2 amide bonds. The smallest absolute Gasteiger partial charge is 0.249 e. The standard InChI is InChI=1S/C12H16N2O2/c1-4-8(2)14-7-10(15)13-12(3,11(14)16)9-5-6-9/h1,8-9H,5-7H2,2-3H3,(H,13,15). The van der Waals surface area contributed by atoms with Crippen molar-refractivity contribution in [1.82, 2.24) is 10.2 Å². The van der Waals surface area contributed by atoms with Crippen molar-refractivity contribution in [2.24, 2.45) is 5.92 Å². The Kier molecular flexibility index (Phi) is 2.42. The first-order valence-electron chi connectivity index (χ1n) is 5.57. The quantitative estimate of drug-likeness (QED) is 0.673. The summed E-state index contributed by atoms with van der Waals surface area (Å²) in [6, 6.07) is -0.323. The van der Waals surface area contributed by atoms with Gasteiger partial charge in [0.05, 0.1) is 6.04 Å². The van der Waals surface area contributed by atoms with E-state index < -0.39 is 5.54 Å². The van der Waals surface area contributed by atoms with Crippen molar-refractivity contribution >= 4 is 11.8 Å². The maximum atomic E-state index is 12.3. The number of nitrogens with zero attached hydrogens (tertiary/aromatic N) is 1. The maximum Gasteiger partial charge on any atom is 0.249 e. The molecular weight excluding hydrogens is 204 g/mol. The summed E-state index contributed by atoms with van der Waals surface area (Å²) in [6.07, 6.45) is 7.32. The second-order valence-corrected chi connectivity index (χ2v) is 4.80. The van der Waals surface area contributed by atoms with E-state index in [1.54, 1.807) is 13.8 Å². The van der Waals surface area contributed by atoms with E-state index in [-0.39, 0.29) is 30.3 Å². The molecule has 0 radical (unpaired) electrons. The molecule has 0 spiro atoms. The second-order valence-electron chi connectivity index (χ2n) is 4.80. The molecule has 2 unspecified atom stereocenters. The topological polar surface area (TPSA) is 49.4 Å². The highest BCUT2D eigenvalue weighted by Crippen LogP contribution is 2.41. The third kappa shape index (κ3) is 1.57. The molecule has 1 saturated carbocycles. The van der Waals surface area contributed by atoms with Crippen LogP contribution in [0.15, 0.2) is 0 Å². The van der Waals surface area contributed by atoms with E-state index in [0.29, 0.717) is 0 Å². The van der Waals surface area contributed by atoms with Crippen molar-refractivity contribution in [2.45, 2.75) is 38.3 Å². The number of carbonyl (C=O) groups excluding carboxylic acids is 2. The van der Waals surface area contributed by atoms with Gasteiger partial charge in [0.2, 0.25) is 11.8 Å². The molecule has 2 fully saturated rings. The van der Waals surface area contributed by atoms with Crippen LogP contribution in [0.4, 0.5) is 0 Å². The van der Waals surface area contributed by atoms with Crippen molar-refractivity contribution in [3.63, 3.8) is 0 Å². The minimum absolute atomic E-state index is 0.0416. The van der Waals surface area contributed by atoms with Crippen LogP contribution in [0.1, 0.15) is 26.7 Å². The van der Waals surface area contributed by atoms with Crippen molar-refractivity contribution in [3.05, 3.63) is 0 Å². The first kappa shape index (κ1) is 11.0. The van der Waals surface area contributed by atoms with E-state index in [1.807, 2.05) is 0 Å². The molecule has 16 heavy (non-hydrogen) atoms. The van der Waals surface area contributed by atoms with E-state index in [0.717, 1.165) is 12.8 Å². The third-order valence-electron chi connectivity index (χ3n) is 3.52. The Bertz CT molecular complexity index is 381. The predicted molar refractivity (Wildman–Crippen MR) is 59.3 cm³/mol. The van der Waals surface area contributed by atoms with Gasteiger partial charge in [0.1, 0.15) is 12.1 Å². The molecule has 1 aliphatic carbocycles. The molecule has 1 aliphatic heterocycles. The lowest BCUT2D eigenvalue weighted by Gasteiger charge is -2.41. The Morgan fingerprint density at radius 3 is 2.69 bits per heavy atom. The Labute approximate surface area is 95.4 Å². The molecule has 86 valence electrons. The Morgan fingerprint density at radius 1 is 1.56 bits per heavy atom. The maximum absolute atomic E-state index is 12.3. The van der Waals surface area contributed by atoms with Crippen molar-refractivity contribution < 1.29 is 9.59 Å². The molecule has 2 rings (SSSR count). The zero-order valence-corrected chi connectivity index (χ0v) is 9.62. The minimum atomic E-state index is -0.736. The van der Waals surface area contributed by atoms with Gasteiger partial charge in [-0.3, -0.25) is 9.59 Å². The number of rotatable bonds is 2. The number of hydrogen-bond donors (Lipinski definition) is 1. The average molecular weight is 220 g/mol. The van der Waals surface area contributed by atoms with Crippen LogP contribution in [0.2, 0.25) is 0 Å². The zero-order valence-electron chi connectivity index (χ0n) is 9.62. The van der Waals surface area contributed by atoms with E-state index in [4.69, 9.17) is 6.42 Å². The van der Waals surface area contributed by atoms with Gasteiger partial charge in [-0.05, 0) is 32.6 Å². The SMILES string of the molecule is C#CC(C)N1CC(=O)NC(C)(C2CC2)C1=O. The summed E-state index contributed by atoms with van der Waals surface area (Å²) in [6.45, 7) is 3.65. The van der Waals surface area contributed by atoms with Crippen LogP contribution in [0, 0.1) is 18.3 Å². The van der Waals surface area contributed by atoms with Gasteiger partial charge in [0.15, 0.2) is 0 Å². The fourth-order valence-electron chi connectivity index (χ4n) is 2.25. The molecular formula is C12H16N2O2. The monoisotopic (exact) mass is 220 g/mol. The molecule has 4 nitrogen and oxygen atoms in total. The molecule has 0 aromatic rings. The number of hydrogen-bond acceptors (Lipinski definition) is 2. The molecule has 1 saturated heterocycles. The van der Waals surface area contributed by atoms with Crippen LogP contribution < -0.4 is 5.32 Å². The largest absolute Gasteiger partial charge is 0.340 e. The Balaban J connectivity index is 2.26. The Morgan fingerprint density at radius 2 is 2.19 bits per heavy atom. The first-order valence-corrected chi connectivity index (χ1v) is 5.57. The molecule has 0 aromatic heterocycles. The molecule has 2 aliphatic rings. The Hall–Kier alpha value is -1.50. The van der Waals surface area contributed by atoms with E-state index in [1.165, 1.54) is 4.90 Å². The minimum Gasteiger partial charge on any atom is -0.340 e. The van der Waals surface area contributed by atoms with Crippen molar-refractivity contribution in [1.29, 1.82) is 0 Å². The first-order chi connectivity index (χ1) is 7.49. The van der Waals surface area contributed by atoms with Gasteiger partial charge in [0.25, 0.3) is 0 Å². The van der Waals surface area contributed by atoms with Crippen LogP contribution >= 0.6 is 0 Å². The molecule has 1 heterocycles. The molecule has 0 aromatic carbocycles. The summed E-state index contributed by atoms with van der Waals surface area (Å²) in [5.74, 6) is 2.63. The van der Waals surface area contributed by atoms with Gasteiger partial charge in [-0.2, -0.15) is 0 Å². The number of terminal acetylenes is 1. The highest BCUT2D eigenvalue weighted by Gasteiger charge is 2.53. The molecule has 1 N–H and O–H groups in total. The summed E-state index contributed by atoms with van der Waals surface area (Å²) >= 11 is 0. The fraction of sp³-hybridized carbons (Fsp3) is 0.667. The van der Waals surface area contributed by atoms with Gasteiger partial charge >= 0.3 is 0 Å². The molecule has 4 heteroatoms.